The van der Waals surface area contributed by atoms with E-state index in [2.05, 4.69) is 29.5 Å². The SMILES string of the molecule is CCC(CC)[C@H](c1ccc(Cl)cc1)[C@H](N)C(=O)Nc1cncc(F)c1CC[C@H]1CN[C@@H]2CCCS(O)(O)N1C2. The van der Waals surface area contributed by atoms with E-state index in [-0.39, 0.29) is 23.9 Å². The number of pyridine rings is 1. The van der Waals surface area contributed by atoms with Crippen LogP contribution in [0.2, 0.25) is 5.02 Å². The lowest BCUT2D eigenvalue weighted by atomic mass is 9.77. The number of nitrogens with zero attached hydrogens (tertiary/aromatic N) is 2. The van der Waals surface area contributed by atoms with E-state index in [9.17, 15) is 13.9 Å². The third-order valence-electron chi connectivity index (χ3n) is 8.29. The first-order chi connectivity index (χ1) is 18.6. The van der Waals surface area contributed by atoms with E-state index in [1.54, 1.807) is 16.4 Å². The molecule has 2 aliphatic heterocycles. The molecule has 6 N–H and O–H groups in total. The summed E-state index contributed by atoms with van der Waals surface area (Å²) in [5.41, 5.74) is 8.15. The summed E-state index contributed by atoms with van der Waals surface area (Å²) >= 11 is 6.10. The Bertz CT molecular complexity index is 1120. The lowest BCUT2D eigenvalue weighted by Crippen LogP contribution is -2.55. The maximum Gasteiger partial charge on any atom is 0.241 e. The second kappa shape index (κ2) is 13.2. The van der Waals surface area contributed by atoms with Crippen LogP contribution in [-0.2, 0) is 11.2 Å². The molecule has 0 radical (unpaired) electrons. The van der Waals surface area contributed by atoms with Crippen LogP contribution in [0.4, 0.5) is 10.1 Å². The fraction of sp³-hybridized carbons (Fsp3) is 0.571. The second-order valence-electron chi connectivity index (χ2n) is 10.7. The number of carbonyl (C=O) groups is 1. The predicted molar refractivity (Wildman–Crippen MR) is 157 cm³/mol. The van der Waals surface area contributed by atoms with Crippen molar-refractivity contribution in [3.05, 3.63) is 58.6 Å². The van der Waals surface area contributed by atoms with Crippen LogP contribution >= 0.6 is 22.4 Å². The van der Waals surface area contributed by atoms with Gasteiger partial charge in [-0.05, 0) is 49.3 Å². The van der Waals surface area contributed by atoms with Crippen molar-refractivity contribution in [1.29, 1.82) is 0 Å². The second-order valence-corrected chi connectivity index (χ2v) is 13.3. The minimum atomic E-state index is -2.86. The molecule has 0 aliphatic carbocycles. The van der Waals surface area contributed by atoms with Gasteiger partial charge >= 0.3 is 0 Å². The van der Waals surface area contributed by atoms with Crippen molar-refractivity contribution in [3.8, 4) is 0 Å². The molecule has 1 unspecified atom stereocenters. The fourth-order valence-electron chi connectivity index (χ4n) is 6.04. The van der Waals surface area contributed by atoms with Crippen molar-refractivity contribution >= 4 is 34.0 Å². The number of rotatable bonds is 10. The number of piperazine rings is 1. The number of aromatic nitrogens is 1. The number of nitrogens with two attached hydrogens (primary N) is 1. The fourth-order valence-corrected chi connectivity index (χ4v) is 8.03. The van der Waals surface area contributed by atoms with Crippen molar-refractivity contribution in [2.24, 2.45) is 11.7 Å². The van der Waals surface area contributed by atoms with Crippen molar-refractivity contribution in [1.82, 2.24) is 14.6 Å². The Kier molecular flexibility index (Phi) is 10.3. The normalized spacial score (nSPS) is 25.0. The molecule has 39 heavy (non-hydrogen) atoms. The Morgan fingerprint density at radius 1 is 1.28 bits per heavy atom. The number of nitrogens with one attached hydrogen (secondary N) is 2. The highest BCUT2D eigenvalue weighted by atomic mass is 35.5. The number of carbonyl (C=O) groups excluding carboxylic acids is 1. The number of hydrogen-bond acceptors (Lipinski definition) is 7. The lowest BCUT2D eigenvalue weighted by molar-refractivity contribution is -0.118. The zero-order chi connectivity index (χ0) is 28.2. The zero-order valence-corrected chi connectivity index (χ0v) is 24.2. The maximum absolute atomic E-state index is 15.0. The Hall–Kier alpha value is -1.79. The summed E-state index contributed by atoms with van der Waals surface area (Å²) in [5, 5.41) is 6.96. The van der Waals surface area contributed by atoms with E-state index in [1.165, 1.54) is 6.20 Å². The molecule has 4 rings (SSSR count). The highest BCUT2D eigenvalue weighted by Gasteiger charge is 2.38. The summed E-state index contributed by atoms with van der Waals surface area (Å²) in [7, 11) is -2.86. The first-order valence-electron chi connectivity index (χ1n) is 13.8. The van der Waals surface area contributed by atoms with Crippen LogP contribution in [0.25, 0.3) is 0 Å². The van der Waals surface area contributed by atoms with Gasteiger partial charge in [0, 0.05) is 41.7 Å². The third kappa shape index (κ3) is 7.11. The Balaban J connectivity index is 1.51. The van der Waals surface area contributed by atoms with Crippen LogP contribution in [0.5, 0.6) is 0 Å². The van der Waals surface area contributed by atoms with E-state index < -0.39 is 28.5 Å². The van der Waals surface area contributed by atoms with Gasteiger partial charge in [0.2, 0.25) is 5.91 Å². The van der Waals surface area contributed by atoms with Gasteiger partial charge in [0.1, 0.15) is 5.82 Å². The summed E-state index contributed by atoms with van der Waals surface area (Å²) in [4.78, 5) is 17.4. The standard InChI is InChI=1S/C28H41ClFN5O3S/c1-3-18(4-2)26(19-7-9-20(29)10-8-19)27(31)28(36)34-25-16-32-15-24(30)23(25)12-11-22-14-33-21-6-5-13-39(37,38)35(22)17-21/h7-10,15-16,18,21-22,26-27,33,37-38H,3-6,11-14,17,31H2,1-2H3,(H,34,36)/t21-,22+,26-,27+/m1/s1. The van der Waals surface area contributed by atoms with Crippen molar-refractivity contribution < 1.29 is 18.3 Å². The summed E-state index contributed by atoms with van der Waals surface area (Å²) < 4.78 is 38.3. The van der Waals surface area contributed by atoms with Gasteiger partial charge in [-0.25, -0.2) is 8.70 Å². The molecule has 5 atom stereocenters. The molecule has 2 aliphatic rings. The quantitative estimate of drug-likeness (QED) is 0.255. The molecule has 3 heterocycles. The molecule has 8 nitrogen and oxygen atoms in total. The molecule has 0 spiro atoms. The van der Waals surface area contributed by atoms with Gasteiger partial charge in [-0.15, -0.1) is 10.8 Å². The van der Waals surface area contributed by atoms with Crippen LogP contribution in [0.3, 0.4) is 0 Å². The van der Waals surface area contributed by atoms with Gasteiger partial charge in [0.15, 0.2) is 0 Å². The highest BCUT2D eigenvalue weighted by Crippen LogP contribution is 2.49. The number of halogens is 2. The highest BCUT2D eigenvalue weighted by molar-refractivity contribution is 8.22. The zero-order valence-electron chi connectivity index (χ0n) is 22.7. The maximum atomic E-state index is 15.0. The first kappa shape index (κ1) is 30.2. The van der Waals surface area contributed by atoms with Gasteiger partial charge in [0.25, 0.3) is 0 Å². The molecule has 1 amide bonds. The number of anilines is 1. The first-order valence-corrected chi connectivity index (χ1v) is 15.9. The average molecular weight is 582 g/mol. The molecule has 2 saturated heterocycles. The van der Waals surface area contributed by atoms with Crippen LogP contribution in [0.1, 0.15) is 63.0 Å². The molecule has 2 fully saturated rings. The molecular weight excluding hydrogens is 541 g/mol. The van der Waals surface area contributed by atoms with Crippen LogP contribution in [-0.4, -0.2) is 61.3 Å². The molecular formula is C28H41ClFN5O3S. The summed E-state index contributed by atoms with van der Waals surface area (Å²) in [6.45, 7) is 5.32. The molecule has 2 aromatic rings. The predicted octanol–water partition coefficient (Wildman–Crippen LogP) is 5.39. The molecule has 11 heteroatoms. The molecule has 0 saturated carbocycles. The minimum absolute atomic E-state index is 0.160. The van der Waals surface area contributed by atoms with Gasteiger partial charge in [-0.1, -0.05) is 50.4 Å². The molecule has 2 bridgehead atoms. The van der Waals surface area contributed by atoms with E-state index in [0.717, 1.165) is 37.4 Å². The smallest absolute Gasteiger partial charge is 0.241 e. The Morgan fingerprint density at radius 3 is 2.69 bits per heavy atom. The molecule has 1 aromatic carbocycles. The Labute approximate surface area is 237 Å². The number of hydrogen-bond donors (Lipinski definition) is 5. The molecule has 216 valence electrons. The summed E-state index contributed by atoms with van der Waals surface area (Å²) in [5.74, 6) is -0.626. The van der Waals surface area contributed by atoms with Gasteiger partial charge in [0.05, 0.1) is 29.9 Å². The Morgan fingerprint density at radius 2 is 2.00 bits per heavy atom. The molecule has 1 aromatic heterocycles. The van der Waals surface area contributed by atoms with Crippen molar-refractivity contribution in [3.63, 3.8) is 0 Å². The van der Waals surface area contributed by atoms with Gasteiger partial charge < -0.3 is 16.4 Å². The van der Waals surface area contributed by atoms with Crippen LogP contribution < -0.4 is 16.4 Å². The lowest BCUT2D eigenvalue weighted by Gasteiger charge is -2.49. The number of fused-ring (bicyclic) bond motifs is 2. The van der Waals surface area contributed by atoms with Gasteiger partial charge in [-0.2, -0.15) is 0 Å². The average Bonchev–Trinajstić information content (AvgIpc) is 3.03. The monoisotopic (exact) mass is 581 g/mol. The minimum Gasteiger partial charge on any atom is -0.323 e. The number of benzene rings is 1. The third-order valence-corrected chi connectivity index (χ3v) is 10.6. The number of amides is 1. The van der Waals surface area contributed by atoms with Crippen LogP contribution in [0, 0.1) is 11.7 Å². The van der Waals surface area contributed by atoms with E-state index in [0.29, 0.717) is 48.0 Å². The van der Waals surface area contributed by atoms with E-state index in [1.807, 2.05) is 12.1 Å². The van der Waals surface area contributed by atoms with E-state index >= 15 is 4.39 Å². The van der Waals surface area contributed by atoms with Crippen molar-refractivity contribution in [2.45, 2.75) is 76.4 Å². The summed E-state index contributed by atoms with van der Waals surface area (Å²) in [6.07, 6.45) is 6.75. The van der Waals surface area contributed by atoms with Gasteiger partial charge in [-0.3, -0.25) is 18.9 Å². The van der Waals surface area contributed by atoms with Crippen LogP contribution in [0.15, 0.2) is 36.7 Å². The largest absolute Gasteiger partial charge is 0.323 e. The topological polar surface area (TPSA) is 124 Å². The van der Waals surface area contributed by atoms with E-state index in [4.69, 9.17) is 17.3 Å². The summed E-state index contributed by atoms with van der Waals surface area (Å²) in [6, 6.07) is 6.62. The van der Waals surface area contributed by atoms with Crippen molar-refractivity contribution in [2.75, 3.05) is 24.2 Å².